The van der Waals surface area contributed by atoms with Crippen LogP contribution in [0.2, 0.25) is 0 Å². The second-order valence-electron chi connectivity index (χ2n) is 18.9. The summed E-state index contributed by atoms with van der Waals surface area (Å²) < 4.78 is 5.45. The summed E-state index contributed by atoms with van der Waals surface area (Å²) in [5, 5.41) is 23.1. The lowest BCUT2D eigenvalue weighted by molar-refractivity contribution is -0.143. The molecule has 0 aliphatic heterocycles. The minimum Gasteiger partial charge on any atom is -0.466 e. The van der Waals surface area contributed by atoms with Crippen LogP contribution >= 0.6 is 0 Å². The van der Waals surface area contributed by atoms with Gasteiger partial charge in [0.05, 0.1) is 25.4 Å². The molecule has 0 heterocycles. The zero-order valence-corrected chi connectivity index (χ0v) is 41.6. The minimum atomic E-state index is -0.875. The summed E-state index contributed by atoms with van der Waals surface area (Å²) in [6, 6.07) is -0.665. The van der Waals surface area contributed by atoms with Gasteiger partial charge in [0.15, 0.2) is 0 Å². The highest BCUT2D eigenvalue weighted by molar-refractivity contribution is 5.76. The van der Waals surface area contributed by atoms with Crippen molar-refractivity contribution in [2.75, 3.05) is 13.2 Å². The number of esters is 1. The third-order valence-corrected chi connectivity index (χ3v) is 12.7. The Hall–Kier alpha value is -1.66. The van der Waals surface area contributed by atoms with E-state index in [1.165, 1.54) is 199 Å². The molecule has 0 aromatic rings. The van der Waals surface area contributed by atoms with Gasteiger partial charge in [-0.15, -0.1) is 0 Å². The third kappa shape index (κ3) is 47.8. The number of amides is 1. The van der Waals surface area contributed by atoms with Gasteiger partial charge >= 0.3 is 5.97 Å². The Morgan fingerprint density at radius 2 is 0.774 bits per heavy atom. The average molecular weight is 874 g/mol. The monoisotopic (exact) mass is 874 g/mol. The summed E-state index contributed by atoms with van der Waals surface area (Å²) in [7, 11) is 0. The molecule has 2 unspecified atom stereocenters. The highest BCUT2D eigenvalue weighted by Gasteiger charge is 2.18. The van der Waals surface area contributed by atoms with E-state index >= 15 is 0 Å². The lowest BCUT2D eigenvalue weighted by atomic mass is 10.0. The van der Waals surface area contributed by atoms with E-state index in [4.69, 9.17) is 4.74 Å². The van der Waals surface area contributed by atoms with Crippen molar-refractivity contribution in [2.45, 2.75) is 309 Å². The summed E-state index contributed by atoms with van der Waals surface area (Å²) in [6.07, 6.45) is 62.0. The Kier molecular flexibility index (Phi) is 50.6. The molecule has 2 atom stereocenters. The number of hydrogen-bond acceptors (Lipinski definition) is 5. The fraction of sp³-hybridized carbons (Fsp3) is 0.893. The van der Waals surface area contributed by atoms with Crippen molar-refractivity contribution < 1.29 is 24.5 Å². The second kappa shape index (κ2) is 52.0. The first kappa shape index (κ1) is 60.3. The van der Waals surface area contributed by atoms with E-state index in [9.17, 15) is 19.8 Å². The fourth-order valence-electron chi connectivity index (χ4n) is 8.46. The normalized spacial score (nSPS) is 12.8. The van der Waals surface area contributed by atoms with Crippen LogP contribution < -0.4 is 5.32 Å². The zero-order valence-electron chi connectivity index (χ0n) is 41.6. The summed E-state index contributed by atoms with van der Waals surface area (Å²) >= 11 is 0. The molecule has 0 aliphatic carbocycles. The van der Waals surface area contributed by atoms with Gasteiger partial charge in [-0.3, -0.25) is 9.59 Å². The molecule has 6 nitrogen and oxygen atoms in total. The van der Waals surface area contributed by atoms with Gasteiger partial charge in [0.1, 0.15) is 0 Å². The maximum atomic E-state index is 12.4. The van der Waals surface area contributed by atoms with E-state index in [-0.39, 0.29) is 18.5 Å². The molecule has 0 aliphatic rings. The van der Waals surface area contributed by atoms with Gasteiger partial charge < -0.3 is 20.3 Å². The zero-order chi connectivity index (χ0) is 45.1. The molecular formula is C56H107NO5. The summed E-state index contributed by atoms with van der Waals surface area (Å²) in [4.78, 5) is 24.5. The summed E-state index contributed by atoms with van der Waals surface area (Å²) in [6.45, 7) is 4.83. The molecule has 0 bridgehead atoms. The molecule has 6 heteroatoms. The summed E-state index contributed by atoms with van der Waals surface area (Å²) in [5.74, 6) is -0.160. The molecule has 3 N–H and O–H groups in total. The first-order valence-electron chi connectivity index (χ1n) is 27.6. The van der Waals surface area contributed by atoms with Gasteiger partial charge in [-0.25, -0.2) is 0 Å². The predicted octanol–water partition coefficient (Wildman–Crippen LogP) is 16.7. The molecular weight excluding hydrogens is 767 g/mol. The molecule has 0 spiro atoms. The number of carbonyl (C=O) groups is 2. The Bertz CT molecular complexity index is 966. The average Bonchev–Trinajstić information content (AvgIpc) is 3.27. The van der Waals surface area contributed by atoms with Gasteiger partial charge in [-0.05, 0) is 51.4 Å². The largest absolute Gasteiger partial charge is 0.466 e. The first-order valence-corrected chi connectivity index (χ1v) is 27.6. The molecule has 62 heavy (non-hydrogen) atoms. The summed E-state index contributed by atoms with van der Waals surface area (Å²) in [5.41, 5.74) is 0. The van der Waals surface area contributed by atoms with Crippen molar-refractivity contribution in [2.24, 2.45) is 0 Å². The second-order valence-corrected chi connectivity index (χ2v) is 18.9. The Morgan fingerprint density at radius 1 is 0.435 bits per heavy atom. The quantitative estimate of drug-likeness (QED) is 0.0321. The van der Waals surface area contributed by atoms with Gasteiger partial charge in [0.2, 0.25) is 5.91 Å². The van der Waals surface area contributed by atoms with Crippen molar-refractivity contribution in [1.29, 1.82) is 0 Å². The highest BCUT2D eigenvalue weighted by atomic mass is 16.5. The van der Waals surface area contributed by atoms with E-state index in [0.717, 1.165) is 70.6 Å². The van der Waals surface area contributed by atoms with Gasteiger partial charge in [-0.2, -0.15) is 0 Å². The first-order chi connectivity index (χ1) is 30.5. The van der Waals surface area contributed by atoms with E-state index in [0.29, 0.717) is 19.4 Å². The Labute approximate surface area is 386 Å². The van der Waals surface area contributed by atoms with E-state index in [1.807, 2.05) is 6.08 Å². The van der Waals surface area contributed by atoms with Crippen LogP contribution in [0.3, 0.4) is 0 Å². The fourth-order valence-corrected chi connectivity index (χ4v) is 8.46. The number of allylic oxidation sites excluding steroid dienone is 3. The van der Waals surface area contributed by atoms with Crippen LogP contribution in [0.25, 0.3) is 0 Å². The van der Waals surface area contributed by atoms with E-state index in [1.54, 1.807) is 6.08 Å². The molecule has 0 aromatic carbocycles. The van der Waals surface area contributed by atoms with Crippen LogP contribution in [0.4, 0.5) is 0 Å². The van der Waals surface area contributed by atoms with Crippen molar-refractivity contribution in [3.05, 3.63) is 24.3 Å². The molecule has 0 saturated carbocycles. The molecule has 0 fully saturated rings. The number of hydrogen-bond donors (Lipinski definition) is 3. The molecule has 1 amide bonds. The minimum absolute atomic E-state index is 0.0338. The molecule has 0 aromatic heterocycles. The molecule has 0 rings (SSSR count). The van der Waals surface area contributed by atoms with E-state index < -0.39 is 12.1 Å². The molecule has 366 valence electrons. The van der Waals surface area contributed by atoms with Crippen molar-refractivity contribution >= 4 is 11.9 Å². The van der Waals surface area contributed by atoms with Crippen LogP contribution in [-0.4, -0.2) is 47.4 Å². The van der Waals surface area contributed by atoms with Crippen molar-refractivity contribution in [3.63, 3.8) is 0 Å². The third-order valence-electron chi connectivity index (χ3n) is 12.7. The van der Waals surface area contributed by atoms with Crippen molar-refractivity contribution in [3.8, 4) is 0 Å². The lowest BCUT2D eigenvalue weighted by Gasteiger charge is -2.19. The number of carbonyl (C=O) groups excluding carboxylic acids is 2. The molecule has 0 saturated heterocycles. The van der Waals surface area contributed by atoms with Crippen LogP contribution in [-0.2, 0) is 14.3 Å². The highest BCUT2D eigenvalue weighted by Crippen LogP contribution is 2.17. The van der Waals surface area contributed by atoms with E-state index in [2.05, 4.69) is 31.3 Å². The number of aliphatic hydroxyl groups excluding tert-OH is 2. The Morgan fingerprint density at radius 3 is 1.18 bits per heavy atom. The van der Waals surface area contributed by atoms with Crippen molar-refractivity contribution in [1.82, 2.24) is 5.32 Å². The number of ether oxygens (including phenoxy) is 1. The number of aliphatic hydroxyl groups is 2. The smallest absolute Gasteiger partial charge is 0.305 e. The number of nitrogens with one attached hydrogen (secondary N) is 1. The van der Waals surface area contributed by atoms with Crippen LogP contribution in [0.1, 0.15) is 296 Å². The molecule has 0 radical (unpaired) electrons. The maximum Gasteiger partial charge on any atom is 0.305 e. The standard InChI is InChI=1S/C56H107NO5/c1-3-5-7-9-11-13-15-17-19-21-22-24-25-27-29-32-36-40-44-48-54(59)53(52-58)57-55(60)49-45-41-37-33-31-35-39-43-47-51-62-56(61)50-46-42-38-34-30-28-26-23-20-18-16-14-12-10-8-6-4-2/h33,37,44,48,53-54,58-59H,3-32,34-36,38-43,45-47,49-52H2,1-2H3,(H,57,60)/b37-33-,48-44+. The van der Waals surface area contributed by atoms with Gasteiger partial charge in [0.25, 0.3) is 0 Å². The SMILES string of the molecule is CCCCCCCCCCCCCCCCCCC/C=C/C(O)C(CO)NC(=O)CCC/C=C\CCCCCCOC(=O)CCCCCCCCCCCCCCCCCCC. The topological polar surface area (TPSA) is 95.9 Å². The lowest BCUT2D eigenvalue weighted by Crippen LogP contribution is -2.45. The van der Waals surface area contributed by atoms with Gasteiger partial charge in [0, 0.05) is 12.8 Å². The van der Waals surface area contributed by atoms with Crippen LogP contribution in [0.15, 0.2) is 24.3 Å². The van der Waals surface area contributed by atoms with Gasteiger partial charge in [-0.1, -0.05) is 256 Å². The Balaban J connectivity index is 3.55. The predicted molar refractivity (Wildman–Crippen MR) is 269 cm³/mol. The van der Waals surface area contributed by atoms with Crippen LogP contribution in [0, 0.1) is 0 Å². The maximum absolute atomic E-state index is 12.4. The van der Waals surface area contributed by atoms with Crippen LogP contribution in [0.5, 0.6) is 0 Å². The number of rotatable bonds is 51. The number of unbranched alkanes of at least 4 members (excludes halogenated alkanes) is 38.